The van der Waals surface area contributed by atoms with E-state index in [9.17, 15) is 4.91 Å². The van der Waals surface area contributed by atoms with E-state index in [0.717, 1.165) is 17.6 Å². The van der Waals surface area contributed by atoms with Crippen LogP contribution in [0.25, 0.3) is 0 Å². The van der Waals surface area contributed by atoms with Gasteiger partial charge in [-0.15, -0.1) is 17.2 Å². The van der Waals surface area contributed by atoms with Crippen molar-refractivity contribution in [1.82, 2.24) is 0 Å². The quantitative estimate of drug-likeness (QED) is 0.369. The molecule has 14 heavy (non-hydrogen) atoms. The molecule has 0 N–H and O–H groups in total. The van der Waals surface area contributed by atoms with Gasteiger partial charge < -0.3 is 0 Å². The van der Waals surface area contributed by atoms with E-state index >= 15 is 0 Å². The van der Waals surface area contributed by atoms with Gasteiger partial charge in [0.25, 0.3) is 0 Å². The molecule has 2 heteroatoms. The normalized spacial score (nSPS) is 13.7. The molecule has 0 saturated carbocycles. The van der Waals surface area contributed by atoms with Crippen molar-refractivity contribution in [2.45, 2.75) is 46.1 Å². The molecule has 2 nitrogen and oxygen atoms in total. The second-order valence-electron chi connectivity index (χ2n) is 4.06. The van der Waals surface area contributed by atoms with Crippen LogP contribution in [0.15, 0.2) is 34.7 Å². The zero-order chi connectivity index (χ0) is 11.2. The maximum absolute atomic E-state index is 10.5. The summed E-state index contributed by atoms with van der Waals surface area (Å²) in [5, 5.41) is 3.07. The van der Waals surface area contributed by atoms with Crippen molar-refractivity contribution < 1.29 is 0 Å². The van der Waals surface area contributed by atoms with Gasteiger partial charge in [-0.05, 0) is 51.7 Å². The summed E-state index contributed by atoms with van der Waals surface area (Å²) in [6, 6.07) is 0. The fourth-order valence-electron chi connectivity index (χ4n) is 1.11. The van der Waals surface area contributed by atoms with Crippen LogP contribution < -0.4 is 0 Å². The molecule has 0 aromatic heterocycles. The molecule has 0 fully saturated rings. The molecule has 1 unspecified atom stereocenters. The molecule has 0 aromatic rings. The van der Waals surface area contributed by atoms with Crippen molar-refractivity contribution >= 4 is 0 Å². The van der Waals surface area contributed by atoms with Crippen molar-refractivity contribution in [2.75, 3.05) is 0 Å². The minimum atomic E-state index is -0.634. The van der Waals surface area contributed by atoms with Crippen molar-refractivity contribution in [3.8, 4) is 0 Å². The lowest BCUT2D eigenvalue weighted by Gasteiger charge is -2.15. The fourth-order valence-corrected chi connectivity index (χ4v) is 1.11. The van der Waals surface area contributed by atoms with Crippen molar-refractivity contribution in [2.24, 2.45) is 5.18 Å². The predicted octanol–water partition coefficient (Wildman–Crippen LogP) is 3.99. The molecule has 0 saturated heterocycles. The Balaban J connectivity index is 4.39. The highest BCUT2D eigenvalue weighted by atomic mass is 16.3. The molecular weight excluding hydrogens is 174 g/mol. The highest BCUT2D eigenvalue weighted by Crippen LogP contribution is 2.20. The summed E-state index contributed by atoms with van der Waals surface area (Å²) in [5.41, 5.74) is 4.89. The van der Waals surface area contributed by atoms with Gasteiger partial charge in [0.15, 0.2) is 0 Å². The third kappa shape index (κ3) is 4.78. The molecule has 0 aliphatic carbocycles. The molecule has 78 valence electrons. The number of hydrogen-bond acceptors (Lipinski definition) is 2. The molecular formula is C12H19NO. The van der Waals surface area contributed by atoms with E-state index in [0.29, 0.717) is 6.42 Å². The van der Waals surface area contributed by atoms with Crippen LogP contribution in [0.3, 0.4) is 0 Å². The van der Waals surface area contributed by atoms with Crippen LogP contribution in [0, 0.1) is 4.91 Å². The summed E-state index contributed by atoms with van der Waals surface area (Å²) in [4.78, 5) is 10.5. The molecule has 0 aromatic carbocycles. The minimum Gasteiger partial charge on any atom is -0.150 e. The largest absolute Gasteiger partial charge is 0.150 e. The Labute approximate surface area is 86.4 Å². The van der Waals surface area contributed by atoms with E-state index in [1.807, 2.05) is 20.8 Å². The Morgan fingerprint density at radius 3 is 2.43 bits per heavy atom. The molecule has 0 rings (SSSR count). The van der Waals surface area contributed by atoms with E-state index in [1.54, 1.807) is 13.0 Å². The van der Waals surface area contributed by atoms with Gasteiger partial charge >= 0.3 is 0 Å². The van der Waals surface area contributed by atoms with E-state index in [-0.39, 0.29) is 0 Å². The van der Waals surface area contributed by atoms with Gasteiger partial charge in [-0.3, -0.25) is 0 Å². The topological polar surface area (TPSA) is 29.4 Å². The highest BCUT2D eigenvalue weighted by molar-refractivity contribution is 5.07. The first-order chi connectivity index (χ1) is 6.43. The molecule has 0 heterocycles. The molecule has 0 spiro atoms. The SMILES string of the molecule is C=CC(C)(CCC(C)=C=C(C)C)N=O. The van der Waals surface area contributed by atoms with Gasteiger partial charge in [0.05, 0.1) is 0 Å². The summed E-state index contributed by atoms with van der Waals surface area (Å²) >= 11 is 0. The lowest BCUT2D eigenvalue weighted by atomic mass is 9.95. The number of nitroso groups, excluding NO2 is 1. The number of nitrogens with zero attached hydrogens (tertiary/aromatic N) is 1. The monoisotopic (exact) mass is 193 g/mol. The molecule has 0 aliphatic heterocycles. The second kappa shape index (κ2) is 5.56. The third-order valence-corrected chi connectivity index (χ3v) is 2.12. The Kier molecular flexibility index (Phi) is 5.11. The van der Waals surface area contributed by atoms with E-state index in [2.05, 4.69) is 17.5 Å². The van der Waals surface area contributed by atoms with Crippen molar-refractivity contribution in [3.63, 3.8) is 0 Å². The smallest absolute Gasteiger partial charge is 0.118 e. The Hall–Kier alpha value is -1.14. The van der Waals surface area contributed by atoms with Crippen LogP contribution in [0.4, 0.5) is 0 Å². The Bertz CT molecular complexity index is 271. The first-order valence-electron chi connectivity index (χ1n) is 4.81. The zero-order valence-electron chi connectivity index (χ0n) is 9.55. The average molecular weight is 193 g/mol. The molecule has 0 bridgehead atoms. The molecule has 0 aliphatic rings. The summed E-state index contributed by atoms with van der Waals surface area (Å²) in [7, 11) is 0. The lowest BCUT2D eigenvalue weighted by molar-refractivity contribution is 0.532. The van der Waals surface area contributed by atoms with Crippen molar-refractivity contribution in [3.05, 3.63) is 34.4 Å². The minimum absolute atomic E-state index is 0.634. The average Bonchev–Trinajstić information content (AvgIpc) is 2.13. The van der Waals surface area contributed by atoms with Crippen LogP contribution in [0.5, 0.6) is 0 Å². The third-order valence-electron chi connectivity index (χ3n) is 2.12. The molecule has 0 radical (unpaired) electrons. The number of rotatable bonds is 5. The van der Waals surface area contributed by atoms with E-state index < -0.39 is 5.54 Å². The van der Waals surface area contributed by atoms with Crippen LogP contribution in [-0.2, 0) is 0 Å². The maximum Gasteiger partial charge on any atom is 0.118 e. The van der Waals surface area contributed by atoms with Crippen LogP contribution in [0.1, 0.15) is 40.5 Å². The zero-order valence-corrected chi connectivity index (χ0v) is 9.55. The highest BCUT2D eigenvalue weighted by Gasteiger charge is 2.20. The van der Waals surface area contributed by atoms with E-state index in [1.165, 1.54) is 0 Å². The summed E-state index contributed by atoms with van der Waals surface area (Å²) in [5.74, 6) is 0. The van der Waals surface area contributed by atoms with Crippen LogP contribution >= 0.6 is 0 Å². The van der Waals surface area contributed by atoms with Crippen molar-refractivity contribution in [1.29, 1.82) is 0 Å². The summed E-state index contributed by atoms with van der Waals surface area (Å²) in [6.45, 7) is 11.4. The first-order valence-corrected chi connectivity index (χ1v) is 4.81. The lowest BCUT2D eigenvalue weighted by Crippen LogP contribution is -2.16. The predicted molar refractivity (Wildman–Crippen MR) is 61.2 cm³/mol. The summed E-state index contributed by atoms with van der Waals surface area (Å²) in [6.07, 6.45) is 3.14. The van der Waals surface area contributed by atoms with Gasteiger partial charge in [-0.25, -0.2) is 0 Å². The first kappa shape index (κ1) is 12.9. The van der Waals surface area contributed by atoms with E-state index in [4.69, 9.17) is 0 Å². The van der Waals surface area contributed by atoms with Gasteiger partial charge in [0, 0.05) is 0 Å². The van der Waals surface area contributed by atoms with Gasteiger partial charge in [0.2, 0.25) is 0 Å². The standard InChI is InChI=1S/C12H19NO/c1-6-12(5,13-14)8-7-11(4)9-10(2)3/h6H,1,7-8H2,2-5H3. The van der Waals surface area contributed by atoms with Crippen LogP contribution in [-0.4, -0.2) is 5.54 Å². The number of hydrogen-bond donors (Lipinski definition) is 0. The second-order valence-corrected chi connectivity index (χ2v) is 4.06. The maximum atomic E-state index is 10.5. The summed E-state index contributed by atoms with van der Waals surface area (Å²) < 4.78 is 0. The number of allylic oxidation sites excluding steroid dienone is 1. The fraction of sp³-hybridized carbons (Fsp3) is 0.583. The Morgan fingerprint density at radius 2 is 2.07 bits per heavy atom. The van der Waals surface area contributed by atoms with Gasteiger partial charge in [-0.2, -0.15) is 0 Å². The molecule has 0 amide bonds. The molecule has 1 atom stereocenters. The Morgan fingerprint density at radius 1 is 1.50 bits per heavy atom. The van der Waals surface area contributed by atoms with Crippen LogP contribution in [0.2, 0.25) is 0 Å². The van der Waals surface area contributed by atoms with Gasteiger partial charge in [0.1, 0.15) is 5.54 Å². The van der Waals surface area contributed by atoms with Gasteiger partial charge in [-0.1, -0.05) is 11.3 Å².